The number of hydrogen-bond donors (Lipinski definition) is 3. The molecule has 6 aromatic rings. The normalized spacial score (nSPS) is 14.6. The Labute approximate surface area is 374 Å². The fourth-order valence-corrected chi connectivity index (χ4v) is 8.49. The minimum atomic E-state index is -1.36. The lowest BCUT2D eigenvalue weighted by Gasteiger charge is -2.29. The molecule has 1 aromatic heterocycles. The predicted molar refractivity (Wildman–Crippen MR) is 240 cm³/mol. The Bertz CT molecular complexity index is 2860. The number of esters is 5. The highest BCUT2D eigenvalue weighted by atomic mass is 16.5. The van der Waals surface area contributed by atoms with Gasteiger partial charge in [0.25, 0.3) is 0 Å². The van der Waals surface area contributed by atoms with Crippen LogP contribution in [0.25, 0.3) is 32.7 Å². The number of carbonyl (C=O) groups is 6. The molecule has 14 nitrogen and oxygen atoms in total. The van der Waals surface area contributed by atoms with Crippen molar-refractivity contribution >= 4 is 57.3 Å². The van der Waals surface area contributed by atoms with Crippen LogP contribution in [0.15, 0.2) is 114 Å². The highest BCUT2D eigenvalue weighted by molar-refractivity contribution is 6.10. The number of H-pyrrole nitrogens is 1. The minimum Gasteiger partial charge on any atom is -0.507 e. The molecule has 1 amide bonds. The second kappa shape index (κ2) is 19.8. The number of hydrogen-bond acceptors (Lipinski definition) is 12. The SMILES string of the molecule is COC(=O)CCC1=C(CC(=O)Oc2ccc3ccccc3c2-c2c(O)ccc3ccccc23)[C@](C)(Cc2[nH]c(C(=O)OCc3ccccc3)c(CC(=O)OC)c2CCC(=O)OC)NC1=O. The number of carbonyl (C=O) groups excluding carboxylic acids is 6. The van der Waals surface area contributed by atoms with E-state index in [1.54, 1.807) is 49.4 Å². The van der Waals surface area contributed by atoms with E-state index in [1.807, 2.05) is 60.7 Å². The van der Waals surface area contributed by atoms with Gasteiger partial charge < -0.3 is 39.1 Å². The molecule has 2 heterocycles. The van der Waals surface area contributed by atoms with Crippen LogP contribution in [0, 0.1) is 0 Å². The first-order valence-electron chi connectivity index (χ1n) is 21.0. The molecular weight excluding hydrogens is 833 g/mol. The van der Waals surface area contributed by atoms with Crippen LogP contribution in [0.3, 0.4) is 0 Å². The number of aromatic hydroxyl groups is 1. The second-order valence-corrected chi connectivity index (χ2v) is 15.8. The summed E-state index contributed by atoms with van der Waals surface area (Å²) in [6, 6.07) is 31.0. The number of aromatic amines is 1. The Morgan fingerprint density at radius 1 is 0.646 bits per heavy atom. The summed E-state index contributed by atoms with van der Waals surface area (Å²) in [6.07, 6.45) is -1.23. The van der Waals surface area contributed by atoms with Gasteiger partial charge in [0.1, 0.15) is 23.8 Å². The van der Waals surface area contributed by atoms with Crippen LogP contribution in [0.5, 0.6) is 11.5 Å². The van der Waals surface area contributed by atoms with Gasteiger partial charge in [0.15, 0.2) is 0 Å². The van der Waals surface area contributed by atoms with Crippen LogP contribution in [0.4, 0.5) is 0 Å². The largest absolute Gasteiger partial charge is 0.507 e. The molecule has 5 aromatic carbocycles. The first-order chi connectivity index (χ1) is 31.3. The van der Waals surface area contributed by atoms with Gasteiger partial charge in [0, 0.05) is 41.7 Å². The highest BCUT2D eigenvalue weighted by Crippen LogP contribution is 2.46. The third-order valence-electron chi connectivity index (χ3n) is 11.7. The molecule has 0 radical (unpaired) electrons. The lowest BCUT2D eigenvalue weighted by Crippen LogP contribution is -2.44. The molecule has 0 unspecified atom stereocenters. The van der Waals surface area contributed by atoms with Crippen molar-refractivity contribution in [2.45, 2.75) is 64.0 Å². The Kier molecular flexibility index (Phi) is 13.8. The molecule has 0 saturated heterocycles. The van der Waals surface area contributed by atoms with Crippen LogP contribution < -0.4 is 10.1 Å². The van der Waals surface area contributed by atoms with Gasteiger partial charge in [0.2, 0.25) is 5.91 Å². The summed E-state index contributed by atoms with van der Waals surface area (Å²) < 4.78 is 26.7. The number of aromatic nitrogens is 1. The molecule has 1 aliphatic heterocycles. The first kappa shape index (κ1) is 45.3. The number of phenols is 1. The fraction of sp³-hybridized carbons (Fsp3) is 0.255. The average molecular weight is 881 g/mol. The molecule has 0 bridgehead atoms. The molecule has 0 aliphatic carbocycles. The monoisotopic (exact) mass is 880 g/mol. The number of benzene rings is 5. The van der Waals surface area contributed by atoms with Crippen molar-refractivity contribution < 1.29 is 57.6 Å². The number of methoxy groups -OCH3 is 3. The number of amides is 1. The maximum atomic E-state index is 14.5. The molecule has 334 valence electrons. The molecule has 0 saturated carbocycles. The number of nitrogens with one attached hydrogen (secondary N) is 2. The van der Waals surface area contributed by atoms with Crippen LogP contribution in [0.1, 0.15) is 65.5 Å². The van der Waals surface area contributed by atoms with E-state index in [-0.39, 0.29) is 73.5 Å². The maximum absolute atomic E-state index is 14.5. The molecule has 65 heavy (non-hydrogen) atoms. The quantitative estimate of drug-likeness (QED) is 0.0463. The van der Waals surface area contributed by atoms with Crippen molar-refractivity contribution in [2.24, 2.45) is 0 Å². The van der Waals surface area contributed by atoms with E-state index in [9.17, 15) is 33.9 Å². The number of fused-ring (bicyclic) bond motifs is 2. The predicted octanol–water partition coefficient (Wildman–Crippen LogP) is 7.55. The Balaban J connectivity index is 1.30. The zero-order chi connectivity index (χ0) is 46.3. The summed E-state index contributed by atoms with van der Waals surface area (Å²) >= 11 is 0. The van der Waals surface area contributed by atoms with Crippen molar-refractivity contribution in [3.63, 3.8) is 0 Å². The first-order valence-corrected chi connectivity index (χ1v) is 21.0. The molecule has 1 aliphatic rings. The third-order valence-corrected chi connectivity index (χ3v) is 11.7. The Hall–Kier alpha value is -7.74. The summed E-state index contributed by atoms with van der Waals surface area (Å²) in [7, 11) is 3.69. The highest BCUT2D eigenvalue weighted by Gasteiger charge is 2.44. The summed E-state index contributed by atoms with van der Waals surface area (Å²) in [6.45, 7) is 1.63. The van der Waals surface area contributed by atoms with Gasteiger partial charge >= 0.3 is 29.8 Å². The van der Waals surface area contributed by atoms with Crippen molar-refractivity contribution in [3.8, 4) is 22.6 Å². The smallest absolute Gasteiger partial charge is 0.355 e. The van der Waals surface area contributed by atoms with E-state index < -0.39 is 47.7 Å². The Morgan fingerprint density at radius 3 is 1.91 bits per heavy atom. The average Bonchev–Trinajstić information content (AvgIpc) is 3.76. The van der Waals surface area contributed by atoms with Gasteiger partial charge in [-0.2, -0.15) is 0 Å². The van der Waals surface area contributed by atoms with Gasteiger partial charge in [-0.15, -0.1) is 0 Å². The second-order valence-electron chi connectivity index (χ2n) is 15.8. The standard InChI is InChI=1S/C51H48N2O12/c1-51(28-39-35(20-24-42(55)61-2)37(26-44(57)63-4)48(52-39)50(60)64-29-30-12-6-5-7-13-30)38(36(49(59)53-51)21-25-43(56)62-3)27-45(58)65-41-23-19-32-15-9-11-17-34(32)47(41)46-33-16-10-8-14-31(33)18-22-40(46)54/h5-19,22-23,52,54H,20-21,24-29H2,1-4H3,(H,53,59)/t51-/m0/s1. The maximum Gasteiger partial charge on any atom is 0.355 e. The molecule has 0 fully saturated rings. The fourth-order valence-electron chi connectivity index (χ4n) is 8.49. The van der Waals surface area contributed by atoms with Gasteiger partial charge in [-0.25, -0.2) is 4.79 Å². The zero-order valence-electron chi connectivity index (χ0n) is 36.4. The summed E-state index contributed by atoms with van der Waals surface area (Å²) in [5, 5.41) is 17.6. The van der Waals surface area contributed by atoms with Crippen molar-refractivity contribution in [1.29, 1.82) is 0 Å². The number of ether oxygens (including phenoxy) is 5. The molecule has 7 rings (SSSR count). The summed E-state index contributed by atoms with van der Waals surface area (Å²) in [5.74, 6) is -3.70. The van der Waals surface area contributed by atoms with Crippen LogP contribution >= 0.6 is 0 Å². The van der Waals surface area contributed by atoms with Crippen LogP contribution in [0.2, 0.25) is 0 Å². The van der Waals surface area contributed by atoms with E-state index in [0.717, 1.165) is 27.1 Å². The lowest BCUT2D eigenvalue weighted by atomic mass is 9.83. The molecular formula is C51H48N2O12. The molecule has 1 atom stereocenters. The van der Waals surface area contributed by atoms with E-state index in [4.69, 9.17) is 23.7 Å². The van der Waals surface area contributed by atoms with Crippen molar-refractivity contribution in [3.05, 3.63) is 142 Å². The lowest BCUT2D eigenvalue weighted by molar-refractivity contribution is -0.141. The minimum absolute atomic E-state index is 0.0167. The van der Waals surface area contributed by atoms with E-state index in [2.05, 4.69) is 10.3 Å². The van der Waals surface area contributed by atoms with Crippen molar-refractivity contribution in [2.75, 3.05) is 21.3 Å². The van der Waals surface area contributed by atoms with Crippen LogP contribution in [-0.2, 0) is 68.8 Å². The molecule has 3 N–H and O–H groups in total. The van der Waals surface area contributed by atoms with Gasteiger partial charge in [-0.05, 0) is 75.7 Å². The topological polar surface area (TPSA) is 197 Å². The van der Waals surface area contributed by atoms with E-state index >= 15 is 0 Å². The van der Waals surface area contributed by atoms with Crippen molar-refractivity contribution in [1.82, 2.24) is 10.3 Å². The molecule has 14 heteroatoms. The van der Waals surface area contributed by atoms with E-state index in [0.29, 0.717) is 28.0 Å². The van der Waals surface area contributed by atoms with Gasteiger partial charge in [-0.3, -0.25) is 24.0 Å². The summed E-state index contributed by atoms with van der Waals surface area (Å²) in [4.78, 5) is 83.3. The van der Waals surface area contributed by atoms with Gasteiger partial charge in [-0.1, -0.05) is 91.0 Å². The Morgan fingerprint density at radius 2 is 1.25 bits per heavy atom. The third kappa shape index (κ3) is 9.91. The van der Waals surface area contributed by atoms with E-state index in [1.165, 1.54) is 21.3 Å². The number of phenolic OH excluding ortho intramolecular Hbond substituents is 1. The molecule has 0 spiro atoms. The zero-order valence-corrected chi connectivity index (χ0v) is 36.4. The van der Waals surface area contributed by atoms with Crippen LogP contribution in [-0.4, -0.2) is 72.7 Å². The number of rotatable bonds is 17. The van der Waals surface area contributed by atoms with Gasteiger partial charge in [0.05, 0.1) is 39.7 Å². The summed E-state index contributed by atoms with van der Waals surface area (Å²) in [5.41, 5.74) is 1.76.